The van der Waals surface area contributed by atoms with Crippen molar-refractivity contribution in [1.82, 2.24) is 0 Å². The molecule has 5 heteroatoms. The number of anilines is 1. The van der Waals surface area contributed by atoms with Crippen LogP contribution < -0.4 is 5.73 Å². The van der Waals surface area contributed by atoms with E-state index in [9.17, 15) is 4.89 Å². The van der Waals surface area contributed by atoms with Gasteiger partial charge in [-0.3, -0.25) is 0 Å². The molecule has 0 atom stereocenters. The molecular weight excluding hydrogens is 249 g/mol. The lowest BCUT2D eigenvalue weighted by Gasteiger charge is -2.33. The fourth-order valence-electron chi connectivity index (χ4n) is 1.74. The Hall–Kier alpha value is -0.670. The van der Waals surface area contributed by atoms with Gasteiger partial charge in [0.1, 0.15) is 13.2 Å². The summed E-state index contributed by atoms with van der Waals surface area (Å²) in [7, 11) is -2.73. The van der Waals surface area contributed by atoms with Crippen molar-refractivity contribution in [3.05, 3.63) is 29.8 Å². The van der Waals surface area contributed by atoms with Gasteiger partial charge < -0.3 is 5.73 Å². The van der Waals surface area contributed by atoms with Gasteiger partial charge in [-0.2, -0.15) is 13.9 Å². The highest BCUT2D eigenvalue weighted by Gasteiger charge is 2.49. The Balaban J connectivity index is 1.99. The molecule has 1 aromatic rings. The molecule has 18 heavy (non-hydrogen) atoms. The standard InChI is InChI=1S/C13H21NO3P/c1-3-13(2)9-16-18(15,17-10-13)8-11-4-6-12(14)7-5-11/h4-7,15H,3,8-10,14H2,1-2H3/q+1. The third-order valence-corrected chi connectivity index (χ3v) is 5.28. The number of hydrogen-bond acceptors (Lipinski definition) is 4. The number of rotatable bonds is 3. The third-order valence-electron chi connectivity index (χ3n) is 3.45. The number of benzene rings is 1. The molecule has 0 aromatic heterocycles. The van der Waals surface area contributed by atoms with Gasteiger partial charge in [0.2, 0.25) is 0 Å². The highest BCUT2D eigenvalue weighted by atomic mass is 31.2. The normalized spacial score (nSPS) is 32.4. The molecule has 4 nitrogen and oxygen atoms in total. The van der Waals surface area contributed by atoms with Crippen molar-refractivity contribution in [3.8, 4) is 0 Å². The number of nitrogens with two attached hydrogens (primary N) is 1. The Kier molecular flexibility index (Phi) is 3.93. The van der Waals surface area contributed by atoms with Crippen molar-refractivity contribution < 1.29 is 13.9 Å². The molecule has 1 aromatic carbocycles. The lowest BCUT2D eigenvalue weighted by molar-refractivity contribution is 0.0116. The van der Waals surface area contributed by atoms with E-state index in [4.69, 9.17) is 14.8 Å². The summed E-state index contributed by atoms with van der Waals surface area (Å²) in [5.74, 6) is 0. The van der Waals surface area contributed by atoms with Crippen LogP contribution in [0.5, 0.6) is 0 Å². The largest absolute Gasteiger partial charge is 0.413 e. The first-order chi connectivity index (χ1) is 8.45. The second kappa shape index (κ2) is 5.14. The quantitative estimate of drug-likeness (QED) is 0.654. The van der Waals surface area contributed by atoms with Crippen molar-refractivity contribution in [3.63, 3.8) is 0 Å². The van der Waals surface area contributed by atoms with Crippen LogP contribution in [0.3, 0.4) is 0 Å². The molecular formula is C13H21NO3P+. The van der Waals surface area contributed by atoms with Gasteiger partial charge in [0.15, 0.2) is 6.16 Å². The van der Waals surface area contributed by atoms with Crippen LogP contribution in [-0.2, 0) is 15.2 Å². The molecule has 100 valence electrons. The molecule has 1 fully saturated rings. The fourth-order valence-corrected chi connectivity index (χ4v) is 3.70. The van der Waals surface area contributed by atoms with Gasteiger partial charge >= 0.3 is 7.94 Å². The predicted molar refractivity (Wildman–Crippen MR) is 74.0 cm³/mol. The molecule has 0 aliphatic carbocycles. The zero-order valence-electron chi connectivity index (χ0n) is 10.9. The van der Waals surface area contributed by atoms with E-state index in [1.165, 1.54) is 0 Å². The Morgan fingerprint density at radius 2 is 1.83 bits per heavy atom. The van der Waals surface area contributed by atoms with Crippen molar-refractivity contribution in [2.75, 3.05) is 18.9 Å². The van der Waals surface area contributed by atoms with Crippen LogP contribution in [0, 0.1) is 5.41 Å². The van der Waals surface area contributed by atoms with E-state index in [0.717, 1.165) is 12.0 Å². The molecule has 1 aliphatic heterocycles. The minimum atomic E-state index is -2.73. The molecule has 1 heterocycles. The minimum Gasteiger partial charge on any atom is -0.399 e. The summed E-state index contributed by atoms with van der Waals surface area (Å²) in [5.41, 5.74) is 7.35. The average molecular weight is 270 g/mol. The summed E-state index contributed by atoms with van der Waals surface area (Å²) in [6.45, 7) is 5.33. The minimum absolute atomic E-state index is 0.0212. The van der Waals surface area contributed by atoms with Crippen LogP contribution in [0.1, 0.15) is 25.8 Å². The van der Waals surface area contributed by atoms with E-state index >= 15 is 0 Å². The van der Waals surface area contributed by atoms with E-state index in [1.54, 1.807) is 0 Å². The Bertz CT molecular complexity index is 399. The predicted octanol–water partition coefficient (Wildman–Crippen LogP) is 2.99. The summed E-state index contributed by atoms with van der Waals surface area (Å²) in [4.78, 5) is 10.4. The van der Waals surface area contributed by atoms with Gasteiger partial charge in [-0.05, 0) is 24.1 Å². The van der Waals surface area contributed by atoms with E-state index < -0.39 is 7.94 Å². The highest BCUT2D eigenvalue weighted by molar-refractivity contribution is 7.59. The summed E-state index contributed by atoms with van der Waals surface area (Å²) < 4.78 is 11.2. The first-order valence-corrected chi connectivity index (χ1v) is 7.95. The van der Waals surface area contributed by atoms with E-state index in [1.807, 2.05) is 24.3 Å². The third kappa shape index (κ3) is 3.21. The Morgan fingerprint density at radius 3 is 2.33 bits per heavy atom. The lowest BCUT2D eigenvalue weighted by atomic mass is 9.90. The van der Waals surface area contributed by atoms with Crippen LogP contribution in [0.2, 0.25) is 0 Å². The van der Waals surface area contributed by atoms with Gasteiger partial charge in [0.05, 0.1) is 0 Å². The second-order valence-corrected chi connectivity index (χ2v) is 7.36. The Morgan fingerprint density at radius 1 is 1.28 bits per heavy atom. The monoisotopic (exact) mass is 270 g/mol. The van der Waals surface area contributed by atoms with Crippen LogP contribution in [0.25, 0.3) is 0 Å². The van der Waals surface area contributed by atoms with Gasteiger partial charge in [0.25, 0.3) is 0 Å². The molecule has 0 saturated carbocycles. The fraction of sp³-hybridized carbons (Fsp3) is 0.538. The van der Waals surface area contributed by atoms with Crippen molar-refractivity contribution in [2.45, 2.75) is 26.4 Å². The smallest absolute Gasteiger partial charge is 0.399 e. The molecule has 0 unspecified atom stereocenters. The maximum atomic E-state index is 10.4. The molecule has 0 radical (unpaired) electrons. The first kappa shape index (κ1) is 13.8. The summed E-state index contributed by atoms with van der Waals surface area (Å²) in [6.07, 6.45) is 1.40. The van der Waals surface area contributed by atoms with Crippen LogP contribution in [0.4, 0.5) is 5.69 Å². The lowest BCUT2D eigenvalue weighted by Crippen LogP contribution is -2.33. The maximum absolute atomic E-state index is 10.4. The molecule has 1 aliphatic rings. The van der Waals surface area contributed by atoms with Crippen molar-refractivity contribution in [1.29, 1.82) is 0 Å². The zero-order valence-corrected chi connectivity index (χ0v) is 11.8. The molecule has 0 spiro atoms. The van der Waals surface area contributed by atoms with Crippen LogP contribution >= 0.6 is 7.94 Å². The van der Waals surface area contributed by atoms with Gasteiger partial charge in [0, 0.05) is 11.1 Å². The van der Waals surface area contributed by atoms with E-state index in [2.05, 4.69) is 13.8 Å². The van der Waals surface area contributed by atoms with Crippen molar-refractivity contribution >= 4 is 13.6 Å². The van der Waals surface area contributed by atoms with E-state index in [0.29, 0.717) is 25.1 Å². The molecule has 1 saturated heterocycles. The number of nitrogen functional groups attached to an aromatic ring is 1. The summed E-state index contributed by atoms with van der Waals surface area (Å²) >= 11 is 0. The number of hydrogen-bond donors (Lipinski definition) is 2. The Labute approximate surface area is 109 Å². The summed E-state index contributed by atoms with van der Waals surface area (Å²) in [5, 5.41) is 0. The molecule has 3 N–H and O–H groups in total. The topological polar surface area (TPSA) is 64.7 Å². The second-order valence-electron chi connectivity index (χ2n) is 5.25. The average Bonchev–Trinajstić information content (AvgIpc) is 2.37. The molecule has 2 rings (SSSR count). The van der Waals surface area contributed by atoms with Crippen LogP contribution in [0.15, 0.2) is 24.3 Å². The van der Waals surface area contributed by atoms with Crippen molar-refractivity contribution in [2.24, 2.45) is 5.41 Å². The maximum Gasteiger partial charge on any atom is 0.413 e. The SMILES string of the molecule is CCC1(C)CO[P+](O)(Cc2ccc(N)cc2)OC1. The highest BCUT2D eigenvalue weighted by Crippen LogP contribution is 2.63. The molecule has 0 amide bonds. The van der Waals surface area contributed by atoms with Gasteiger partial charge in [-0.1, -0.05) is 26.0 Å². The van der Waals surface area contributed by atoms with E-state index in [-0.39, 0.29) is 5.41 Å². The van der Waals surface area contributed by atoms with Gasteiger partial charge in [-0.25, -0.2) is 0 Å². The molecule has 0 bridgehead atoms. The first-order valence-electron chi connectivity index (χ1n) is 6.19. The van der Waals surface area contributed by atoms with Gasteiger partial charge in [-0.15, -0.1) is 0 Å². The zero-order chi connectivity index (χ0) is 13.2. The van der Waals surface area contributed by atoms with Crippen LogP contribution in [-0.4, -0.2) is 18.1 Å². The summed E-state index contributed by atoms with van der Waals surface area (Å²) in [6, 6.07) is 7.44.